The fraction of sp³-hybridized carbons (Fsp3) is 0.538. The number of rotatable bonds is 3. The van der Waals surface area contributed by atoms with Crippen LogP contribution in [0.4, 0.5) is 14.0 Å². The number of nitrogens with zero attached hydrogens (tertiary/aromatic N) is 2. The molecule has 2 fully saturated rings. The van der Waals surface area contributed by atoms with Crippen molar-refractivity contribution >= 4 is 24.1 Å². The summed E-state index contributed by atoms with van der Waals surface area (Å²) in [6.07, 6.45) is 2.64. The fourth-order valence-electron chi connectivity index (χ4n) is 4.02. The maximum Gasteiger partial charge on any atom is 0.410 e. The maximum atomic E-state index is 13.1. The Balaban J connectivity index is 0.000000205. The van der Waals surface area contributed by atoms with Gasteiger partial charge in [-0.05, 0) is 57.6 Å². The minimum Gasteiger partial charge on any atom is -0.481 e. The first-order valence-electron chi connectivity index (χ1n) is 12.1. The van der Waals surface area contributed by atoms with Crippen LogP contribution in [0.25, 0.3) is 0 Å². The lowest BCUT2D eigenvalue weighted by Crippen LogP contribution is -2.46. The number of carboxylic acids is 1. The summed E-state index contributed by atoms with van der Waals surface area (Å²) < 4.78 is 18.4. The van der Waals surface area contributed by atoms with Gasteiger partial charge >= 0.3 is 18.2 Å². The Morgan fingerprint density at radius 1 is 1.19 bits per heavy atom. The van der Waals surface area contributed by atoms with Crippen LogP contribution in [0.5, 0.6) is 0 Å². The van der Waals surface area contributed by atoms with Gasteiger partial charge in [0.2, 0.25) is 5.91 Å². The van der Waals surface area contributed by atoms with Gasteiger partial charge in [0.05, 0.1) is 12.5 Å². The lowest BCUT2D eigenvalue weighted by molar-refractivity contribution is -0.138. The Kier molecular flexibility index (Phi) is 10.0. The zero-order valence-electron chi connectivity index (χ0n) is 21.7. The zero-order valence-corrected chi connectivity index (χ0v) is 21.7. The molecule has 1 aliphatic carbocycles. The molecule has 1 aromatic rings. The third kappa shape index (κ3) is 8.47. The molecule has 4 rings (SSSR count). The van der Waals surface area contributed by atoms with E-state index in [1.165, 1.54) is 15.9 Å². The van der Waals surface area contributed by atoms with Crippen LogP contribution in [0.1, 0.15) is 51.2 Å². The van der Waals surface area contributed by atoms with Crippen molar-refractivity contribution in [2.75, 3.05) is 13.6 Å². The Morgan fingerprint density at radius 3 is 2.32 bits per heavy atom. The maximum absolute atomic E-state index is 13.1. The molecule has 0 bridgehead atoms. The van der Waals surface area contributed by atoms with E-state index in [1.807, 2.05) is 20.8 Å². The number of carbonyl (C=O) groups is 4. The lowest BCUT2D eigenvalue weighted by atomic mass is 10.1. The van der Waals surface area contributed by atoms with E-state index in [1.54, 1.807) is 25.3 Å². The van der Waals surface area contributed by atoms with Crippen molar-refractivity contribution < 1.29 is 38.5 Å². The van der Waals surface area contributed by atoms with E-state index < -0.39 is 23.8 Å². The molecular weight excluding hydrogens is 485 g/mol. The SMILES string of the molecule is C=CC1CC1C(=O)O.CNC(=O)C1CCCN1C(=O)OC(C)(C)C.O=C(O)N1Cc2cccc(F)c2C1. The van der Waals surface area contributed by atoms with Gasteiger partial charge in [0.15, 0.2) is 0 Å². The van der Waals surface area contributed by atoms with E-state index in [0.717, 1.165) is 18.4 Å². The van der Waals surface area contributed by atoms with E-state index in [-0.39, 0.29) is 36.1 Å². The number of hydrogen-bond acceptors (Lipinski definition) is 5. The number of nitrogens with one attached hydrogen (secondary N) is 1. The molecule has 0 radical (unpaired) electrons. The van der Waals surface area contributed by atoms with Gasteiger partial charge in [-0.3, -0.25) is 19.4 Å². The van der Waals surface area contributed by atoms with Gasteiger partial charge in [-0.15, -0.1) is 6.58 Å². The number of carboxylic acid groups (broad SMARTS) is 2. The van der Waals surface area contributed by atoms with E-state index in [0.29, 0.717) is 25.1 Å². The van der Waals surface area contributed by atoms with Gasteiger partial charge in [0.1, 0.15) is 17.5 Å². The highest BCUT2D eigenvalue weighted by atomic mass is 19.1. The lowest BCUT2D eigenvalue weighted by Gasteiger charge is -2.27. The molecule has 37 heavy (non-hydrogen) atoms. The van der Waals surface area contributed by atoms with Crippen molar-refractivity contribution in [1.29, 1.82) is 0 Å². The highest BCUT2D eigenvalue weighted by Crippen LogP contribution is 2.39. The van der Waals surface area contributed by atoms with Crippen molar-refractivity contribution in [3.05, 3.63) is 47.8 Å². The molecule has 3 N–H and O–H groups in total. The molecule has 2 aliphatic heterocycles. The number of halogens is 1. The predicted octanol–water partition coefficient (Wildman–Crippen LogP) is 3.84. The van der Waals surface area contributed by atoms with E-state index in [4.69, 9.17) is 14.9 Å². The number of ether oxygens (including phenoxy) is 1. The third-order valence-corrected chi connectivity index (χ3v) is 6.09. The van der Waals surface area contributed by atoms with Crippen molar-refractivity contribution in [2.45, 2.75) is 64.8 Å². The van der Waals surface area contributed by atoms with Crippen molar-refractivity contribution in [3.8, 4) is 0 Å². The molecule has 0 spiro atoms. The molecule has 204 valence electrons. The van der Waals surface area contributed by atoms with Crippen LogP contribution in [0.15, 0.2) is 30.9 Å². The number of allylic oxidation sites excluding steroid dienone is 1. The second kappa shape index (κ2) is 12.6. The molecular formula is C26H36FN3O7. The van der Waals surface area contributed by atoms with E-state index in [2.05, 4.69) is 11.9 Å². The van der Waals surface area contributed by atoms with Crippen LogP contribution in [-0.4, -0.2) is 69.3 Å². The molecule has 3 atom stereocenters. The Labute approximate surface area is 216 Å². The average molecular weight is 522 g/mol. The number of likely N-dealkylation sites (N-methyl/N-ethyl adjacent to an activating group) is 1. The van der Waals surface area contributed by atoms with Crippen LogP contribution in [0.2, 0.25) is 0 Å². The minimum absolute atomic E-state index is 0.118. The highest BCUT2D eigenvalue weighted by Gasteiger charge is 2.40. The summed E-state index contributed by atoms with van der Waals surface area (Å²) in [5.41, 5.74) is 0.750. The summed E-state index contributed by atoms with van der Waals surface area (Å²) in [6.45, 7) is 9.99. The average Bonchev–Trinajstić information content (AvgIpc) is 3.23. The topological polar surface area (TPSA) is 136 Å². The minimum atomic E-state index is -1.00. The van der Waals surface area contributed by atoms with Gasteiger partial charge in [-0.1, -0.05) is 18.2 Å². The van der Waals surface area contributed by atoms with Crippen LogP contribution in [0.3, 0.4) is 0 Å². The third-order valence-electron chi connectivity index (χ3n) is 6.09. The molecule has 1 saturated heterocycles. The number of carbonyl (C=O) groups excluding carboxylic acids is 2. The molecule has 1 saturated carbocycles. The van der Waals surface area contributed by atoms with E-state index >= 15 is 0 Å². The summed E-state index contributed by atoms with van der Waals surface area (Å²) in [6, 6.07) is 4.32. The van der Waals surface area contributed by atoms with Gasteiger partial charge in [-0.25, -0.2) is 14.0 Å². The van der Waals surface area contributed by atoms with Crippen LogP contribution in [0, 0.1) is 17.7 Å². The number of aliphatic carboxylic acids is 1. The van der Waals surface area contributed by atoms with Crippen molar-refractivity contribution in [3.63, 3.8) is 0 Å². The van der Waals surface area contributed by atoms with Crippen LogP contribution >= 0.6 is 0 Å². The second-order valence-electron chi connectivity index (χ2n) is 10.0. The monoisotopic (exact) mass is 521 g/mol. The van der Waals surface area contributed by atoms with Gasteiger partial charge in [0, 0.05) is 25.7 Å². The molecule has 11 heteroatoms. The number of likely N-dealkylation sites (tertiary alicyclic amines) is 1. The Morgan fingerprint density at radius 2 is 1.86 bits per heavy atom. The summed E-state index contributed by atoms with van der Waals surface area (Å²) >= 11 is 0. The molecule has 3 aliphatic rings. The Bertz CT molecular complexity index is 1020. The highest BCUT2D eigenvalue weighted by molar-refractivity contribution is 5.86. The van der Waals surface area contributed by atoms with Gasteiger partial charge in [-0.2, -0.15) is 0 Å². The summed E-state index contributed by atoms with van der Waals surface area (Å²) in [5, 5.41) is 19.6. The number of fused-ring (bicyclic) bond motifs is 1. The van der Waals surface area contributed by atoms with Crippen molar-refractivity contribution in [1.82, 2.24) is 15.1 Å². The van der Waals surface area contributed by atoms with Crippen LogP contribution in [-0.2, 0) is 27.4 Å². The largest absolute Gasteiger partial charge is 0.481 e. The van der Waals surface area contributed by atoms with Crippen LogP contribution < -0.4 is 5.32 Å². The van der Waals surface area contributed by atoms with Gasteiger partial charge in [0.25, 0.3) is 0 Å². The number of benzene rings is 1. The molecule has 10 nitrogen and oxygen atoms in total. The molecule has 3 unspecified atom stereocenters. The fourth-order valence-corrected chi connectivity index (χ4v) is 4.02. The molecule has 0 aromatic heterocycles. The first-order chi connectivity index (χ1) is 17.3. The van der Waals surface area contributed by atoms with E-state index in [9.17, 15) is 23.6 Å². The Hall–Kier alpha value is -3.63. The van der Waals surface area contributed by atoms with Crippen molar-refractivity contribution in [2.24, 2.45) is 11.8 Å². The number of amides is 3. The molecule has 3 amide bonds. The normalized spacial score (nSPS) is 21.4. The molecule has 1 aromatic carbocycles. The summed E-state index contributed by atoms with van der Waals surface area (Å²) in [7, 11) is 1.58. The van der Waals surface area contributed by atoms with Gasteiger partial charge < -0.3 is 20.3 Å². The number of hydrogen-bond donors (Lipinski definition) is 3. The molecule has 2 heterocycles. The zero-order chi connectivity index (χ0) is 27.9. The summed E-state index contributed by atoms with van der Waals surface area (Å²) in [4.78, 5) is 46.7. The quantitative estimate of drug-likeness (QED) is 0.514. The smallest absolute Gasteiger partial charge is 0.410 e. The second-order valence-corrected chi connectivity index (χ2v) is 10.0. The predicted molar refractivity (Wildman–Crippen MR) is 133 cm³/mol. The first-order valence-corrected chi connectivity index (χ1v) is 12.1. The first kappa shape index (κ1) is 29.6. The summed E-state index contributed by atoms with van der Waals surface area (Å²) in [5.74, 6) is -0.987. The standard InChI is InChI=1S/C11H20N2O3.C9H8FNO2.C6H8O2/c1-11(2,3)16-10(15)13-7-5-6-8(13)9(14)12-4;10-8-3-1-2-6-4-11(9(12)13)5-7(6)8;1-2-4-3-5(4)6(7)8/h8H,5-7H2,1-4H3,(H,12,14);1-3H,4-5H2,(H,12,13);2,4-5H,1,3H2,(H,7,8).